The van der Waals surface area contributed by atoms with E-state index in [0.717, 1.165) is 15.6 Å². The Morgan fingerprint density at radius 3 is 2.65 bits per heavy atom. The molecule has 0 saturated heterocycles. The molecule has 1 heterocycles. The molecule has 88 valence electrons. The van der Waals surface area contributed by atoms with Crippen molar-refractivity contribution in [3.05, 3.63) is 45.0 Å². The zero-order valence-electron chi connectivity index (χ0n) is 9.37. The van der Waals surface area contributed by atoms with Crippen LogP contribution in [0.1, 0.15) is 11.1 Å². The maximum absolute atomic E-state index is 5.88. The molecule has 1 aromatic carbocycles. The Balaban J connectivity index is 2.34. The van der Waals surface area contributed by atoms with E-state index in [9.17, 15) is 0 Å². The normalized spacial score (nSPS) is 10.4. The van der Waals surface area contributed by atoms with Gasteiger partial charge in [0.25, 0.3) is 0 Å². The van der Waals surface area contributed by atoms with Gasteiger partial charge in [-0.3, -0.25) is 0 Å². The van der Waals surface area contributed by atoms with Crippen molar-refractivity contribution in [3.63, 3.8) is 0 Å². The Bertz CT molecular complexity index is 560. The number of hydrogen-bond acceptors (Lipinski definition) is 3. The molecule has 0 aliphatic rings. The van der Waals surface area contributed by atoms with Gasteiger partial charge in [0.05, 0.1) is 0 Å². The molecule has 0 aliphatic heterocycles. The molecule has 17 heavy (non-hydrogen) atoms. The quantitative estimate of drug-likeness (QED) is 0.829. The van der Waals surface area contributed by atoms with Crippen LogP contribution in [0.3, 0.4) is 0 Å². The monoisotopic (exact) mass is 312 g/mol. The summed E-state index contributed by atoms with van der Waals surface area (Å²) in [6, 6.07) is 7.55. The zero-order valence-corrected chi connectivity index (χ0v) is 11.7. The molecule has 0 radical (unpaired) electrons. The fourth-order valence-electron chi connectivity index (χ4n) is 1.29. The number of rotatable bonds is 2. The molecule has 0 atom stereocenters. The van der Waals surface area contributed by atoms with Crippen LogP contribution in [0.15, 0.2) is 28.7 Å². The van der Waals surface area contributed by atoms with E-state index in [1.165, 1.54) is 0 Å². The summed E-state index contributed by atoms with van der Waals surface area (Å²) in [5.41, 5.74) is 1.77. The van der Waals surface area contributed by atoms with Crippen molar-refractivity contribution >= 4 is 27.5 Å². The highest BCUT2D eigenvalue weighted by Crippen LogP contribution is 2.28. The largest absolute Gasteiger partial charge is 0.437 e. The van der Waals surface area contributed by atoms with Crippen LogP contribution in [0.5, 0.6) is 11.6 Å². The second-order valence-electron chi connectivity index (χ2n) is 3.61. The number of aromatic nitrogens is 2. The minimum Gasteiger partial charge on any atom is -0.437 e. The first-order valence-corrected chi connectivity index (χ1v) is 6.18. The fraction of sp³-hybridized carbons (Fsp3) is 0.167. The number of halogens is 2. The van der Waals surface area contributed by atoms with Gasteiger partial charge in [-0.05, 0) is 37.6 Å². The third-order valence-corrected chi connectivity index (χ3v) is 3.28. The smallest absolute Gasteiger partial charge is 0.242 e. The van der Waals surface area contributed by atoms with Gasteiger partial charge < -0.3 is 4.74 Å². The SMILES string of the molecule is Cc1c(Cl)nnc(Oc2cccc(Br)c2)c1C. The lowest BCUT2D eigenvalue weighted by Crippen LogP contribution is -1.97. The number of hydrogen-bond donors (Lipinski definition) is 0. The van der Waals surface area contributed by atoms with Crippen LogP contribution in [-0.4, -0.2) is 10.2 Å². The second-order valence-corrected chi connectivity index (χ2v) is 4.88. The highest BCUT2D eigenvalue weighted by molar-refractivity contribution is 9.10. The molecule has 0 aliphatic carbocycles. The summed E-state index contributed by atoms with van der Waals surface area (Å²) in [5.74, 6) is 1.18. The maximum atomic E-state index is 5.88. The molecule has 0 fully saturated rings. The van der Waals surface area contributed by atoms with E-state index in [1.807, 2.05) is 38.1 Å². The lowest BCUT2D eigenvalue weighted by molar-refractivity contribution is 0.450. The first kappa shape index (κ1) is 12.3. The van der Waals surface area contributed by atoms with E-state index in [4.69, 9.17) is 16.3 Å². The van der Waals surface area contributed by atoms with Crippen molar-refractivity contribution in [2.24, 2.45) is 0 Å². The predicted molar refractivity (Wildman–Crippen MR) is 70.7 cm³/mol. The van der Waals surface area contributed by atoms with Crippen LogP contribution < -0.4 is 4.74 Å². The summed E-state index contributed by atoms with van der Waals surface area (Å²) in [6.07, 6.45) is 0. The fourth-order valence-corrected chi connectivity index (χ4v) is 1.85. The highest BCUT2D eigenvalue weighted by Gasteiger charge is 2.10. The summed E-state index contributed by atoms with van der Waals surface area (Å²) in [6.45, 7) is 3.79. The number of nitrogens with zero attached hydrogens (tertiary/aromatic N) is 2. The molecular weight excluding hydrogens is 304 g/mol. The van der Waals surface area contributed by atoms with Gasteiger partial charge in [0, 0.05) is 10.0 Å². The molecule has 0 unspecified atom stereocenters. The van der Waals surface area contributed by atoms with Crippen LogP contribution in [-0.2, 0) is 0 Å². The Morgan fingerprint density at radius 1 is 1.18 bits per heavy atom. The van der Waals surface area contributed by atoms with Gasteiger partial charge in [0.1, 0.15) is 5.75 Å². The van der Waals surface area contributed by atoms with Crippen molar-refractivity contribution in [2.75, 3.05) is 0 Å². The summed E-state index contributed by atoms with van der Waals surface area (Å²) in [5, 5.41) is 8.19. The molecule has 2 aromatic rings. The maximum Gasteiger partial charge on any atom is 0.242 e. The van der Waals surface area contributed by atoms with E-state index >= 15 is 0 Å². The lowest BCUT2D eigenvalue weighted by atomic mass is 10.2. The van der Waals surface area contributed by atoms with Crippen LogP contribution >= 0.6 is 27.5 Å². The summed E-state index contributed by atoms with van der Waals surface area (Å²) < 4.78 is 6.61. The van der Waals surface area contributed by atoms with Gasteiger partial charge in [0.2, 0.25) is 5.88 Å². The molecule has 0 bridgehead atoms. The third kappa shape index (κ3) is 2.76. The number of ether oxygens (including phenoxy) is 1. The molecule has 2 rings (SSSR count). The van der Waals surface area contributed by atoms with E-state index in [2.05, 4.69) is 26.1 Å². The Labute approximate surface area is 113 Å². The Morgan fingerprint density at radius 2 is 1.94 bits per heavy atom. The second kappa shape index (κ2) is 5.02. The van der Waals surface area contributed by atoms with Crippen molar-refractivity contribution in [1.29, 1.82) is 0 Å². The summed E-state index contributed by atoms with van der Waals surface area (Å²) in [7, 11) is 0. The van der Waals surface area contributed by atoms with Crippen molar-refractivity contribution in [1.82, 2.24) is 10.2 Å². The Hall–Kier alpha value is -1.13. The van der Waals surface area contributed by atoms with E-state index < -0.39 is 0 Å². The van der Waals surface area contributed by atoms with E-state index in [-0.39, 0.29) is 0 Å². The molecule has 3 nitrogen and oxygen atoms in total. The standard InChI is InChI=1S/C12H10BrClN2O/c1-7-8(2)12(16-15-11(7)14)17-10-5-3-4-9(13)6-10/h3-6H,1-2H3. The Kier molecular flexibility index (Phi) is 3.64. The molecule has 0 saturated carbocycles. The van der Waals surface area contributed by atoms with Gasteiger partial charge in [-0.1, -0.05) is 33.6 Å². The average molecular weight is 314 g/mol. The summed E-state index contributed by atoms with van der Waals surface area (Å²) >= 11 is 9.26. The summed E-state index contributed by atoms with van der Waals surface area (Å²) in [4.78, 5) is 0. The van der Waals surface area contributed by atoms with Crippen molar-refractivity contribution < 1.29 is 4.74 Å². The first-order chi connectivity index (χ1) is 8.08. The minimum absolute atomic E-state index is 0.407. The van der Waals surface area contributed by atoms with E-state index in [1.54, 1.807) is 0 Å². The molecule has 5 heteroatoms. The first-order valence-electron chi connectivity index (χ1n) is 5.00. The molecule has 0 spiro atoms. The molecular formula is C12H10BrClN2O. The minimum atomic E-state index is 0.407. The lowest BCUT2D eigenvalue weighted by Gasteiger charge is -2.09. The van der Waals surface area contributed by atoms with Crippen LogP contribution in [0, 0.1) is 13.8 Å². The van der Waals surface area contributed by atoms with Crippen molar-refractivity contribution in [3.8, 4) is 11.6 Å². The van der Waals surface area contributed by atoms with Gasteiger partial charge >= 0.3 is 0 Å². The van der Waals surface area contributed by atoms with Crippen molar-refractivity contribution in [2.45, 2.75) is 13.8 Å². The van der Waals surface area contributed by atoms with Gasteiger partial charge in [0.15, 0.2) is 5.15 Å². The topological polar surface area (TPSA) is 35.0 Å². The van der Waals surface area contributed by atoms with Gasteiger partial charge in [-0.15, -0.1) is 10.2 Å². The van der Waals surface area contributed by atoms with E-state index in [0.29, 0.717) is 16.8 Å². The van der Waals surface area contributed by atoms with Crippen LogP contribution in [0.2, 0.25) is 5.15 Å². The predicted octanol–water partition coefficient (Wildman–Crippen LogP) is 4.30. The third-order valence-electron chi connectivity index (χ3n) is 2.43. The highest BCUT2D eigenvalue weighted by atomic mass is 79.9. The molecule has 0 amide bonds. The molecule has 1 aromatic heterocycles. The average Bonchev–Trinajstić information content (AvgIpc) is 2.30. The van der Waals surface area contributed by atoms with Crippen LogP contribution in [0.4, 0.5) is 0 Å². The zero-order chi connectivity index (χ0) is 12.4. The molecule has 0 N–H and O–H groups in total. The van der Waals surface area contributed by atoms with Crippen LogP contribution in [0.25, 0.3) is 0 Å². The van der Waals surface area contributed by atoms with Gasteiger partial charge in [-0.25, -0.2) is 0 Å². The van der Waals surface area contributed by atoms with Gasteiger partial charge in [-0.2, -0.15) is 0 Å². The number of benzene rings is 1.